The molecule has 0 spiro atoms. The summed E-state index contributed by atoms with van der Waals surface area (Å²) < 4.78 is 29.0. The van der Waals surface area contributed by atoms with E-state index in [0.29, 0.717) is 31.7 Å². The van der Waals surface area contributed by atoms with E-state index >= 15 is 0 Å². The van der Waals surface area contributed by atoms with E-state index in [-0.39, 0.29) is 15.8 Å². The molecule has 1 aliphatic heterocycles. The standard InChI is InChI=1S/C20H27N3O4S/c1-3-5-10-21-20(25)17-14-22(4-2)18-9-8-15(13-16(18)19(17)24)28(26,27)23-11-6-7-12-23/h8-9,13-14H,3-7,10-12H2,1-2H3,(H,21,25). The number of sulfonamides is 1. The van der Waals surface area contributed by atoms with Gasteiger partial charge in [0, 0.05) is 37.8 Å². The van der Waals surface area contributed by atoms with Crippen LogP contribution in [-0.2, 0) is 16.6 Å². The fourth-order valence-corrected chi connectivity index (χ4v) is 5.06. The molecular weight excluding hydrogens is 378 g/mol. The normalized spacial score (nSPS) is 15.2. The molecule has 1 aliphatic rings. The Kier molecular flexibility index (Phi) is 6.20. The van der Waals surface area contributed by atoms with E-state index in [2.05, 4.69) is 5.32 Å². The average molecular weight is 406 g/mol. The number of hydrogen-bond donors (Lipinski definition) is 1. The van der Waals surface area contributed by atoms with Crippen LogP contribution in [0.25, 0.3) is 10.9 Å². The number of aromatic nitrogens is 1. The van der Waals surface area contributed by atoms with Crippen LogP contribution in [0.5, 0.6) is 0 Å². The van der Waals surface area contributed by atoms with Crippen molar-refractivity contribution in [3.8, 4) is 0 Å². The molecule has 0 radical (unpaired) electrons. The van der Waals surface area contributed by atoms with Gasteiger partial charge >= 0.3 is 0 Å². The van der Waals surface area contributed by atoms with Crippen molar-refractivity contribution in [3.63, 3.8) is 0 Å². The molecule has 0 saturated carbocycles. The quantitative estimate of drug-likeness (QED) is 0.716. The fourth-order valence-electron chi connectivity index (χ4n) is 3.51. The Morgan fingerprint density at radius 2 is 1.89 bits per heavy atom. The lowest BCUT2D eigenvalue weighted by atomic mass is 10.1. The highest BCUT2D eigenvalue weighted by molar-refractivity contribution is 7.89. The molecule has 2 heterocycles. The molecule has 8 heteroatoms. The zero-order chi connectivity index (χ0) is 20.3. The first-order chi connectivity index (χ1) is 13.4. The number of aryl methyl sites for hydroxylation is 1. The van der Waals surface area contributed by atoms with Crippen molar-refractivity contribution in [2.45, 2.75) is 51.0 Å². The molecule has 28 heavy (non-hydrogen) atoms. The maximum absolute atomic E-state index is 13.0. The minimum atomic E-state index is -3.63. The summed E-state index contributed by atoms with van der Waals surface area (Å²) in [5.41, 5.74) is 0.228. The zero-order valence-electron chi connectivity index (χ0n) is 16.4. The average Bonchev–Trinajstić information content (AvgIpc) is 3.24. The number of benzene rings is 1. The van der Waals surface area contributed by atoms with Crippen LogP contribution >= 0.6 is 0 Å². The van der Waals surface area contributed by atoms with Crippen molar-refractivity contribution in [3.05, 3.63) is 40.2 Å². The number of nitrogens with zero attached hydrogens (tertiary/aromatic N) is 2. The molecule has 7 nitrogen and oxygen atoms in total. The minimum Gasteiger partial charge on any atom is -0.352 e. The molecule has 1 fully saturated rings. The predicted octanol–water partition coefficient (Wildman–Crippen LogP) is 2.34. The number of unbranched alkanes of at least 4 members (excludes halogenated alkanes) is 1. The van der Waals surface area contributed by atoms with Gasteiger partial charge in [-0.1, -0.05) is 13.3 Å². The molecule has 1 saturated heterocycles. The zero-order valence-corrected chi connectivity index (χ0v) is 17.2. The molecule has 0 unspecified atom stereocenters. The summed E-state index contributed by atoms with van der Waals surface area (Å²) in [7, 11) is -3.63. The van der Waals surface area contributed by atoms with Crippen LogP contribution in [0.4, 0.5) is 0 Å². The van der Waals surface area contributed by atoms with Gasteiger partial charge in [-0.15, -0.1) is 0 Å². The van der Waals surface area contributed by atoms with Crippen LogP contribution < -0.4 is 10.7 Å². The Morgan fingerprint density at radius 1 is 1.18 bits per heavy atom. The number of amides is 1. The Bertz CT molecular complexity index is 1040. The summed E-state index contributed by atoms with van der Waals surface area (Å²) in [6, 6.07) is 4.62. The van der Waals surface area contributed by atoms with Gasteiger partial charge in [0.1, 0.15) is 5.56 Å². The Morgan fingerprint density at radius 3 is 2.54 bits per heavy atom. The number of carbonyl (C=O) groups is 1. The van der Waals surface area contributed by atoms with Crippen LogP contribution in [0.2, 0.25) is 0 Å². The van der Waals surface area contributed by atoms with Gasteiger partial charge in [0.15, 0.2) is 0 Å². The largest absolute Gasteiger partial charge is 0.352 e. The Hall–Kier alpha value is -2.19. The molecule has 2 aromatic rings. The number of nitrogens with one attached hydrogen (secondary N) is 1. The van der Waals surface area contributed by atoms with Crippen LogP contribution in [0.1, 0.15) is 49.9 Å². The van der Waals surface area contributed by atoms with Crippen molar-refractivity contribution in [2.75, 3.05) is 19.6 Å². The Balaban J connectivity index is 2.09. The topological polar surface area (TPSA) is 88.5 Å². The van der Waals surface area contributed by atoms with Crippen molar-refractivity contribution in [2.24, 2.45) is 0 Å². The van der Waals surface area contributed by atoms with Crippen LogP contribution in [0.15, 0.2) is 34.1 Å². The number of carbonyl (C=O) groups excluding carboxylic acids is 1. The maximum atomic E-state index is 13.0. The smallest absolute Gasteiger partial charge is 0.256 e. The van der Waals surface area contributed by atoms with Crippen molar-refractivity contribution < 1.29 is 13.2 Å². The van der Waals surface area contributed by atoms with Crippen molar-refractivity contribution in [1.29, 1.82) is 0 Å². The maximum Gasteiger partial charge on any atom is 0.256 e. The highest BCUT2D eigenvalue weighted by atomic mass is 32.2. The molecule has 1 aromatic carbocycles. The van der Waals surface area contributed by atoms with Gasteiger partial charge in [0.2, 0.25) is 15.5 Å². The van der Waals surface area contributed by atoms with E-state index < -0.39 is 21.4 Å². The molecule has 3 rings (SSSR count). The minimum absolute atomic E-state index is 0.0428. The number of hydrogen-bond acceptors (Lipinski definition) is 4. The van der Waals surface area contributed by atoms with E-state index in [1.807, 2.05) is 13.8 Å². The summed E-state index contributed by atoms with van der Waals surface area (Å²) in [5, 5.41) is 3.02. The second kappa shape index (κ2) is 8.45. The molecule has 0 aliphatic carbocycles. The molecule has 1 amide bonds. The van der Waals surface area contributed by atoms with Crippen LogP contribution in [0.3, 0.4) is 0 Å². The molecule has 1 aromatic heterocycles. The summed E-state index contributed by atoms with van der Waals surface area (Å²) in [4.78, 5) is 25.6. The first kappa shape index (κ1) is 20.5. The van der Waals surface area contributed by atoms with E-state index in [0.717, 1.165) is 25.7 Å². The van der Waals surface area contributed by atoms with Gasteiger partial charge < -0.3 is 9.88 Å². The lowest BCUT2D eigenvalue weighted by molar-refractivity contribution is 0.0951. The fraction of sp³-hybridized carbons (Fsp3) is 0.500. The van der Waals surface area contributed by atoms with E-state index in [9.17, 15) is 18.0 Å². The molecule has 0 atom stereocenters. The highest BCUT2D eigenvalue weighted by Crippen LogP contribution is 2.24. The van der Waals surface area contributed by atoms with Crippen LogP contribution in [-0.4, -0.2) is 42.8 Å². The molecular formula is C20H27N3O4S. The third-order valence-electron chi connectivity index (χ3n) is 5.16. The first-order valence-electron chi connectivity index (χ1n) is 9.85. The van der Waals surface area contributed by atoms with Crippen molar-refractivity contribution in [1.82, 2.24) is 14.2 Å². The molecule has 0 bridgehead atoms. The number of fused-ring (bicyclic) bond motifs is 1. The van der Waals surface area contributed by atoms with Gasteiger partial charge in [-0.2, -0.15) is 4.31 Å². The van der Waals surface area contributed by atoms with Gasteiger partial charge in [0.25, 0.3) is 5.91 Å². The summed E-state index contributed by atoms with van der Waals surface area (Å²) in [6.07, 6.45) is 5.02. The molecule has 152 valence electrons. The van der Waals surface area contributed by atoms with Gasteiger partial charge in [-0.25, -0.2) is 8.42 Å². The second-order valence-corrected chi connectivity index (χ2v) is 9.00. The van der Waals surface area contributed by atoms with Gasteiger partial charge in [-0.3, -0.25) is 9.59 Å². The number of rotatable bonds is 7. The van der Waals surface area contributed by atoms with Gasteiger partial charge in [0.05, 0.1) is 10.4 Å². The van der Waals surface area contributed by atoms with Gasteiger partial charge in [-0.05, 0) is 44.4 Å². The number of pyridine rings is 1. The van der Waals surface area contributed by atoms with Crippen molar-refractivity contribution >= 4 is 26.8 Å². The predicted molar refractivity (Wildman–Crippen MR) is 109 cm³/mol. The van der Waals surface area contributed by atoms with E-state index in [4.69, 9.17) is 0 Å². The Labute approximate surface area is 165 Å². The highest BCUT2D eigenvalue weighted by Gasteiger charge is 2.28. The third kappa shape index (κ3) is 3.84. The summed E-state index contributed by atoms with van der Waals surface area (Å²) in [5.74, 6) is -0.421. The third-order valence-corrected chi connectivity index (χ3v) is 7.05. The summed E-state index contributed by atoms with van der Waals surface area (Å²) in [6.45, 7) is 6.00. The lowest BCUT2D eigenvalue weighted by Gasteiger charge is -2.17. The second-order valence-electron chi connectivity index (χ2n) is 7.06. The van der Waals surface area contributed by atoms with Crippen LogP contribution in [0, 0.1) is 0 Å². The lowest BCUT2D eigenvalue weighted by Crippen LogP contribution is -2.31. The van der Waals surface area contributed by atoms with E-state index in [1.165, 1.54) is 10.4 Å². The molecule has 1 N–H and O–H groups in total. The first-order valence-corrected chi connectivity index (χ1v) is 11.3. The SMILES string of the molecule is CCCCNC(=O)c1cn(CC)c2ccc(S(=O)(=O)N3CCCC3)cc2c1=O. The van der Waals surface area contributed by atoms with E-state index in [1.54, 1.807) is 22.9 Å². The summed E-state index contributed by atoms with van der Waals surface area (Å²) >= 11 is 0. The monoisotopic (exact) mass is 405 g/mol.